The van der Waals surface area contributed by atoms with Crippen molar-refractivity contribution in [1.82, 2.24) is 14.5 Å². The molecule has 0 saturated carbocycles. The Hall–Kier alpha value is -6.26. The highest BCUT2D eigenvalue weighted by Gasteiger charge is 2.30. The molecule has 0 aliphatic carbocycles. The Bertz CT molecular complexity index is 4210. The van der Waals surface area contributed by atoms with Gasteiger partial charge in [-0.3, -0.25) is 9.55 Å². The number of aromatic hydroxyl groups is 1. The number of benzene rings is 6. The van der Waals surface area contributed by atoms with E-state index in [-0.39, 0.29) is 61.9 Å². The molecule has 320 valence electrons. The fourth-order valence-electron chi connectivity index (χ4n) is 7.44. The third-order valence-electron chi connectivity index (χ3n) is 10.7. The Labute approximate surface area is 423 Å². The predicted molar refractivity (Wildman–Crippen MR) is 267 cm³/mol. The average molecular weight is 864 g/mol. The Morgan fingerprint density at radius 3 is 1.92 bits per heavy atom. The van der Waals surface area contributed by atoms with E-state index in [2.05, 4.69) is 4.98 Å². The molecule has 6 aromatic carbocycles. The molecule has 8 rings (SSSR count). The molecule has 0 spiro atoms. The van der Waals surface area contributed by atoms with Crippen LogP contribution in [0.15, 0.2) is 140 Å². The molecular formula is C59H63N3O. The van der Waals surface area contributed by atoms with Crippen LogP contribution in [0.25, 0.3) is 72.7 Å². The highest BCUT2D eigenvalue weighted by Crippen LogP contribution is 2.46. The van der Waals surface area contributed by atoms with Gasteiger partial charge in [0.05, 0.1) is 33.5 Å². The highest BCUT2D eigenvalue weighted by molar-refractivity contribution is 5.98. The molecular weight excluding hydrogens is 767 g/mol. The van der Waals surface area contributed by atoms with E-state index in [4.69, 9.17) is 51.6 Å². The van der Waals surface area contributed by atoms with Gasteiger partial charge in [0.15, 0.2) is 0 Å². The molecule has 0 unspecified atom stereocenters. The van der Waals surface area contributed by atoms with E-state index in [1.165, 1.54) is 66.9 Å². The predicted octanol–water partition coefficient (Wildman–Crippen LogP) is 16.0. The lowest BCUT2D eigenvalue weighted by molar-refractivity contribution is 0.446. The number of hydrogen-bond acceptors (Lipinski definition) is 3. The Balaban J connectivity index is 1.66. The summed E-state index contributed by atoms with van der Waals surface area (Å²) in [4.78, 5) is 9.60. The first kappa shape index (κ1) is 18.5. The van der Waals surface area contributed by atoms with Crippen LogP contribution < -0.4 is 0 Å². The number of phenols is 1. The number of imidazole rings is 1. The summed E-state index contributed by atoms with van der Waals surface area (Å²) < 4.78 is 296. The van der Waals surface area contributed by atoms with Gasteiger partial charge in [-0.25, -0.2) is 4.98 Å². The number of nitrogens with zero attached hydrogens (tertiary/aromatic N) is 3. The van der Waals surface area contributed by atoms with Crippen LogP contribution in [0.5, 0.6) is 5.75 Å². The molecule has 63 heavy (non-hydrogen) atoms. The van der Waals surface area contributed by atoms with Crippen LogP contribution in [-0.4, -0.2) is 19.6 Å². The highest BCUT2D eigenvalue weighted by atomic mass is 16.3. The summed E-state index contributed by atoms with van der Waals surface area (Å²) in [6.07, 6.45) is 1.30. The second-order valence-electron chi connectivity index (χ2n) is 16.4. The summed E-state index contributed by atoms with van der Waals surface area (Å²) in [5.74, 6) is -2.48. The van der Waals surface area contributed by atoms with Crippen molar-refractivity contribution in [1.29, 1.82) is 0 Å². The quantitative estimate of drug-likeness (QED) is 0.181. The molecule has 0 saturated heterocycles. The standard InChI is InChI=1S/C59H63N3O/c1-37-22-24-38(25-23-37)40-28-29-60-50(33-40)42-30-41(31-44(32-42)57(5,6)7)46-20-17-21-52-53(46)61-55(48-35-45(58(8,9)10)36-49(54(48)63)59(11,12)13)62(52)51-27-26-43(56(2,3)4)34-47(51)39-18-15-14-16-19-39/h14-36,63H,1-13H3/i1D3,2D3,3D3,4D3,8D3,9D3,10D3,11D3,12D3,13D3,22D,23D,24D,25D. The van der Waals surface area contributed by atoms with Crippen LogP contribution in [0.3, 0.4) is 0 Å². The van der Waals surface area contributed by atoms with Gasteiger partial charge < -0.3 is 5.11 Å². The minimum atomic E-state index is -4.39. The van der Waals surface area contributed by atoms with Gasteiger partial charge in [0.25, 0.3) is 0 Å². The van der Waals surface area contributed by atoms with Crippen molar-refractivity contribution in [2.75, 3.05) is 0 Å². The number of rotatable bonds is 6. The molecule has 0 fully saturated rings. The molecule has 0 atom stereocenters. The summed E-state index contributed by atoms with van der Waals surface area (Å²) in [6, 6.07) is 19.9. The Morgan fingerprint density at radius 2 is 1.22 bits per heavy atom. The van der Waals surface area contributed by atoms with E-state index in [9.17, 15) is 5.11 Å². The zero-order chi connectivity index (χ0) is 73.7. The van der Waals surface area contributed by atoms with Gasteiger partial charge in [0.2, 0.25) is 0 Å². The van der Waals surface area contributed by atoms with Gasteiger partial charge in [-0.05, 0) is 116 Å². The van der Waals surface area contributed by atoms with E-state index in [1.54, 1.807) is 18.2 Å². The first-order valence-electron chi connectivity index (χ1n) is 36.6. The molecule has 0 amide bonds. The number of fused-ring (bicyclic) bond motifs is 1. The van der Waals surface area contributed by atoms with Crippen molar-refractivity contribution in [2.45, 2.75) is 111 Å². The lowest BCUT2D eigenvalue weighted by Crippen LogP contribution is -2.17. The molecule has 8 aromatic rings. The summed E-state index contributed by atoms with van der Waals surface area (Å²) in [6.45, 7) is -34.9. The minimum absolute atomic E-state index is 0.0494. The van der Waals surface area contributed by atoms with Crippen LogP contribution in [-0.2, 0) is 21.7 Å². The van der Waals surface area contributed by atoms with E-state index in [0.717, 1.165) is 22.8 Å². The molecule has 0 bridgehead atoms. The van der Waals surface area contributed by atoms with E-state index in [0.29, 0.717) is 17.2 Å². The third kappa shape index (κ3) is 8.61. The van der Waals surface area contributed by atoms with Crippen molar-refractivity contribution in [3.63, 3.8) is 0 Å². The van der Waals surface area contributed by atoms with Gasteiger partial charge in [-0.15, -0.1) is 0 Å². The number of aromatic nitrogens is 3. The average Bonchev–Trinajstić information content (AvgIpc) is 1.20. The summed E-state index contributed by atoms with van der Waals surface area (Å²) in [5, 5.41) is 13.2. The fourth-order valence-corrected chi connectivity index (χ4v) is 7.44. The second-order valence-corrected chi connectivity index (χ2v) is 16.4. The van der Waals surface area contributed by atoms with Crippen LogP contribution in [0.4, 0.5) is 0 Å². The topological polar surface area (TPSA) is 50.9 Å². The number of para-hydroxylation sites is 1. The maximum absolute atomic E-state index is 13.2. The zero-order valence-corrected chi connectivity index (χ0v) is 34.3. The second kappa shape index (κ2) is 15.8. The summed E-state index contributed by atoms with van der Waals surface area (Å²) in [7, 11) is 0. The summed E-state index contributed by atoms with van der Waals surface area (Å²) in [5.41, 5.74) is -18.9. The van der Waals surface area contributed by atoms with E-state index < -0.39 is 154 Å². The SMILES string of the molecule is [2H]c1c([2H])c(C([2H])([2H])[2H])c([2H])c([2H])c1-c1ccnc(-c2cc(-c3cccc4c3nc(-c3cc(C(C([2H])([2H])[2H])(C([2H])([2H])[2H])C([2H])([2H])[2H])cc(C(C([2H])([2H])[2H])(C([2H])([2H])[2H])C([2H])([2H])[2H])c3O)n4-c3ccc(C(C([2H])([2H])[2H])(C([2H])([2H])[2H])C([2H])([2H])[2H])cc3-c3ccccc3)cc(C(C)(C)C)c2)c1. The normalized spacial score (nSPS) is 22.5. The van der Waals surface area contributed by atoms with Gasteiger partial charge in [0.1, 0.15) is 11.6 Å². The van der Waals surface area contributed by atoms with Gasteiger partial charge in [-0.1, -0.05) is 173 Å². The maximum atomic E-state index is 13.2. The van der Waals surface area contributed by atoms with Gasteiger partial charge in [0, 0.05) is 69.6 Å². The fraction of sp³-hybridized carbons (Fsp3) is 0.288. The van der Waals surface area contributed by atoms with Crippen molar-refractivity contribution in [2.24, 2.45) is 0 Å². The third-order valence-corrected chi connectivity index (χ3v) is 10.7. The Morgan fingerprint density at radius 1 is 0.540 bits per heavy atom. The number of phenolic OH excluding ortho intramolecular Hbond substituents is 1. The van der Waals surface area contributed by atoms with Crippen LogP contribution >= 0.6 is 0 Å². The van der Waals surface area contributed by atoms with E-state index >= 15 is 0 Å². The lowest BCUT2D eigenvalue weighted by Gasteiger charge is -2.28. The van der Waals surface area contributed by atoms with Crippen molar-refractivity contribution in [3.8, 4) is 67.5 Å². The molecule has 2 heterocycles. The van der Waals surface area contributed by atoms with Crippen LogP contribution in [0, 0.1) is 6.85 Å². The molecule has 4 nitrogen and oxygen atoms in total. The first-order chi connectivity index (χ1) is 43.7. The Kier molecular flexibility index (Phi) is 4.63. The molecule has 4 heteroatoms. The smallest absolute Gasteiger partial charge is 0.149 e. The number of pyridine rings is 1. The monoisotopic (exact) mass is 864 g/mol. The molecule has 0 radical (unpaired) electrons. The van der Waals surface area contributed by atoms with Crippen molar-refractivity contribution < 1.29 is 51.7 Å². The molecule has 0 aliphatic rings. The van der Waals surface area contributed by atoms with Gasteiger partial charge >= 0.3 is 0 Å². The van der Waals surface area contributed by atoms with Gasteiger partial charge in [-0.2, -0.15) is 0 Å². The van der Waals surface area contributed by atoms with Crippen LogP contribution in [0.2, 0.25) is 0 Å². The van der Waals surface area contributed by atoms with Crippen molar-refractivity contribution >= 4 is 11.0 Å². The maximum Gasteiger partial charge on any atom is 0.149 e. The van der Waals surface area contributed by atoms with E-state index in [1.807, 2.05) is 20.8 Å². The number of hydrogen-bond donors (Lipinski definition) is 1. The first-order valence-corrected chi connectivity index (χ1v) is 19.6. The minimum Gasteiger partial charge on any atom is -0.507 e. The molecule has 1 N–H and O–H groups in total. The lowest BCUT2D eigenvalue weighted by atomic mass is 9.79. The molecule has 0 aliphatic heterocycles. The molecule has 2 aromatic heterocycles. The summed E-state index contributed by atoms with van der Waals surface area (Å²) >= 11 is 0. The van der Waals surface area contributed by atoms with Crippen molar-refractivity contribution in [3.05, 3.63) is 167 Å². The van der Waals surface area contributed by atoms with Crippen LogP contribution in [0.1, 0.15) is 157 Å². The zero-order valence-electron chi connectivity index (χ0n) is 68.3. The largest absolute Gasteiger partial charge is 0.507 e.